The zero-order valence-electron chi connectivity index (χ0n) is 23.2. The quantitative estimate of drug-likeness (QED) is 0.277. The molecule has 41 heavy (non-hydrogen) atoms. The minimum Gasteiger partial charge on any atom is -0.490 e. The van der Waals surface area contributed by atoms with Gasteiger partial charge in [-0.15, -0.1) is 0 Å². The van der Waals surface area contributed by atoms with Crippen molar-refractivity contribution in [2.45, 2.75) is 31.2 Å². The second-order valence-electron chi connectivity index (χ2n) is 10.5. The number of fused-ring (bicyclic) bond motifs is 2. The van der Waals surface area contributed by atoms with Crippen molar-refractivity contribution in [1.29, 1.82) is 0 Å². The van der Waals surface area contributed by atoms with Crippen molar-refractivity contribution in [1.82, 2.24) is 15.3 Å². The fourth-order valence-corrected chi connectivity index (χ4v) is 5.59. The maximum Gasteiger partial charge on any atom is 0.238 e. The molecule has 2 aliphatic heterocycles. The lowest BCUT2D eigenvalue weighted by Gasteiger charge is -2.36. The number of para-hydroxylation sites is 2. The van der Waals surface area contributed by atoms with E-state index < -0.39 is 6.10 Å². The van der Waals surface area contributed by atoms with Crippen LogP contribution in [-0.2, 0) is 16.1 Å². The second-order valence-corrected chi connectivity index (χ2v) is 10.5. The van der Waals surface area contributed by atoms with Crippen molar-refractivity contribution in [2.24, 2.45) is 0 Å². The Bertz CT molecular complexity index is 1450. The number of benzene rings is 3. The molecule has 6 rings (SSSR count). The molecule has 0 amide bonds. The number of piperidine rings is 1. The van der Waals surface area contributed by atoms with Gasteiger partial charge in [-0.2, -0.15) is 0 Å². The predicted octanol–water partition coefficient (Wildman–Crippen LogP) is 4.29. The van der Waals surface area contributed by atoms with Gasteiger partial charge in [0, 0.05) is 39.3 Å². The first-order valence-corrected chi connectivity index (χ1v) is 14.2. The molecular weight excluding hydrogens is 520 g/mol. The van der Waals surface area contributed by atoms with Crippen LogP contribution in [0.4, 0.5) is 5.69 Å². The summed E-state index contributed by atoms with van der Waals surface area (Å²) >= 11 is 0. The Morgan fingerprint density at radius 3 is 2.76 bits per heavy atom. The number of anilines is 1. The van der Waals surface area contributed by atoms with E-state index in [-0.39, 0.29) is 12.0 Å². The second kappa shape index (κ2) is 12.8. The maximum absolute atomic E-state index is 11.0. The van der Waals surface area contributed by atoms with Crippen molar-refractivity contribution < 1.29 is 24.1 Å². The van der Waals surface area contributed by atoms with Crippen molar-refractivity contribution in [3.8, 4) is 17.4 Å². The van der Waals surface area contributed by atoms with Gasteiger partial charge in [-0.3, -0.25) is 0 Å². The van der Waals surface area contributed by atoms with Crippen LogP contribution in [0.2, 0.25) is 0 Å². The van der Waals surface area contributed by atoms with Crippen molar-refractivity contribution in [3.05, 3.63) is 84.1 Å². The Kier molecular flexibility index (Phi) is 8.57. The van der Waals surface area contributed by atoms with Crippen molar-refractivity contribution in [3.63, 3.8) is 0 Å². The van der Waals surface area contributed by atoms with Crippen LogP contribution in [-0.4, -0.2) is 73.8 Å². The first kappa shape index (κ1) is 27.4. The van der Waals surface area contributed by atoms with Crippen molar-refractivity contribution in [2.75, 3.05) is 51.4 Å². The number of aromatic nitrogens is 2. The standard InChI is InChI=1S/C32H36N4O5/c1-38-15-4-13-36-14-16-39-29-12-7-22(17-27(29)36)21-40-30-19-33-18-28(37)32(30)23-8-10-24(11-9-23)41-31-20-34-25-5-2-3-6-26(25)35-31/h2-3,5-12,17,20,28,30,32-33,37H,4,13-16,18-19,21H2,1H3/t28-,30+,32+/m1/s1. The van der Waals surface area contributed by atoms with Crippen molar-refractivity contribution >= 4 is 16.7 Å². The Morgan fingerprint density at radius 2 is 1.90 bits per heavy atom. The van der Waals surface area contributed by atoms with Gasteiger partial charge in [-0.25, -0.2) is 9.97 Å². The molecule has 0 unspecified atom stereocenters. The largest absolute Gasteiger partial charge is 0.490 e. The smallest absolute Gasteiger partial charge is 0.238 e. The third kappa shape index (κ3) is 6.44. The Balaban J connectivity index is 1.12. The molecule has 2 N–H and O–H groups in total. The number of nitrogens with zero attached hydrogens (tertiary/aromatic N) is 3. The van der Waals surface area contributed by atoms with E-state index in [0.717, 1.165) is 59.7 Å². The molecule has 1 fully saturated rings. The molecule has 4 aromatic rings. The minimum atomic E-state index is -0.569. The number of aliphatic hydroxyl groups excluding tert-OH is 1. The van der Waals surface area contributed by atoms with Crippen LogP contribution in [0.1, 0.15) is 23.5 Å². The van der Waals surface area contributed by atoms with Gasteiger partial charge in [0.05, 0.1) is 48.3 Å². The molecule has 214 valence electrons. The highest BCUT2D eigenvalue weighted by Crippen LogP contribution is 2.34. The fourth-order valence-electron chi connectivity index (χ4n) is 5.59. The van der Waals surface area contributed by atoms with Gasteiger partial charge in [-0.1, -0.05) is 30.3 Å². The van der Waals surface area contributed by atoms with Crippen LogP contribution in [0.5, 0.6) is 17.4 Å². The molecule has 3 atom stereocenters. The summed E-state index contributed by atoms with van der Waals surface area (Å²) in [5.74, 6) is 1.83. The Hall–Kier alpha value is -3.76. The van der Waals surface area contributed by atoms with Gasteiger partial charge in [0.15, 0.2) is 0 Å². The molecule has 9 nitrogen and oxygen atoms in total. The molecule has 0 saturated carbocycles. The summed E-state index contributed by atoms with van der Waals surface area (Å²) in [5.41, 5.74) is 4.78. The summed E-state index contributed by atoms with van der Waals surface area (Å²) in [5, 5.41) is 14.3. The SMILES string of the molecule is COCCCN1CCOc2ccc(CO[C@H]3CNC[C@@H](O)[C@@H]3c3ccc(Oc4cnc5ccccc5n4)cc3)cc21. The number of β-amino-alcohol motifs (C(OH)–C–C–N with tert-alkyl or cyclic N) is 1. The third-order valence-electron chi connectivity index (χ3n) is 7.65. The Labute approximate surface area is 240 Å². The summed E-state index contributed by atoms with van der Waals surface area (Å²) in [6, 6.07) is 21.7. The van der Waals surface area contributed by atoms with Gasteiger partial charge in [0.25, 0.3) is 0 Å². The minimum absolute atomic E-state index is 0.169. The molecular formula is C32H36N4O5. The first-order chi connectivity index (χ1) is 20.2. The average molecular weight is 557 g/mol. The monoisotopic (exact) mass is 556 g/mol. The first-order valence-electron chi connectivity index (χ1n) is 14.2. The maximum atomic E-state index is 11.0. The molecule has 1 aromatic heterocycles. The summed E-state index contributed by atoms with van der Waals surface area (Å²) in [4.78, 5) is 11.3. The topological polar surface area (TPSA) is 98.2 Å². The molecule has 1 saturated heterocycles. The normalized spacial score (nSPS) is 20.4. The van der Waals surface area contributed by atoms with Crippen LogP contribution in [0.3, 0.4) is 0 Å². The molecule has 0 radical (unpaired) electrons. The van der Waals surface area contributed by atoms with E-state index in [1.165, 1.54) is 0 Å². The zero-order valence-corrected chi connectivity index (χ0v) is 23.2. The number of nitrogens with one attached hydrogen (secondary N) is 1. The Morgan fingerprint density at radius 1 is 1.05 bits per heavy atom. The van der Waals surface area contributed by atoms with E-state index >= 15 is 0 Å². The summed E-state index contributed by atoms with van der Waals surface area (Å²) < 4.78 is 23.5. The lowest BCUT2D eigenvalue weighted by Crippen LogP contribution is -2.49. The molecule has 3 aromatic carbocycles. The van der Waals surface area contributed by atoms with Gasteiger partial charge in [-0.05, 0) is 53.9 Å². The van der Waals surface area contributed by atoms with Crippen LogP contribution >= 0.6 is 0 Å². The average Bonchev–Trinajstić information content (AvgIpc) is 3.01. The summed E-state index contributed by atoms with van der Waals surface area (Å²) in [6.07, 6.45) is 1.83. The number of rotatable bonds is 10. The number of hydrogen-bond donors (Lipinski definition) is 2. The number of aliphatic hydroxyl groups is 1. The van der Waals surface area contributed by atoms with Crippen LogP contribution < -0.4 is 19.7 Å². The van der Waals surface area contributed by atoms with E-state index in [0.29, 0.717) is 37.9 Å². The lowest BCUT2D eigenvalue weighted by molar-refractivity contribution is -0.0328. The highest BCUT2D eigenvalue weighted by Gasteiger charge is 2.34. The van der Waals surface area contributed by atoms with Gasteiger partial charge < -0.3 is 34.3 Å². The molecule has 3 heterocycles. The molecule has 0 spiro atoms. The van der Waals surface area contributed by atoms with Crippen LogP contribution in [0.25, 0.3) is 11.0 Å². The van der Waals surface area contributed by atoms with E-state index in [9.17, 15) is 5.11 Å². The number of methoxy groups -OCH3 is 1. The number of hydrogen-bond acceptors (Lipinski definition) is 9. The molecule has 9 heteroatoms. The zero-order chi connectivity index (χ0) is 28.0. The van der Waals surface area contributed by atoms with Crippen LogP contribution in [0.15, 0.2) is 72.9 Å². The summed E-state index contributed by atoms with van der Waals surface area (Å²) in [7, 11) is 1.73. The van der Waals surface area contributed by atoms with Gasteiger partial charge >= 0.3 is 0 Å². The van der Waals surface area contributed by atoms with Crippen LogP contribution in [0, 0.1) is 0 Å². The summed E-state index contributed by atoms with van der Waals surface area (Å²) in [6.45, 7) is 4.81. The van der Waals surface area contributed by atoms with Gasteiger partial charge in [0.2, 0.25) is 5.88 Å². The molecule has 0 aliphatic carbocycles. The lowest BCUT2D eigenvalue weighted by atomic mass is 9.85. The third-order valence-corrected chi connectivity index (χ3v) is 7.65. The van der Waals surface area contributed by atoms with E-state index in [2.05, 4.69) is 32.3 Å². The fraction of sp³-hybridized carbons (Fsp3) is 0.375. The van der Waals surface area contributed by atoms with E-state index in [1.54, 1.807) is 13.3 Å². The predicted molar refractivity (Wildman–Crippen MR) is 157 cm³/mol. The molecule has 2 aliphatic rings. The van der Waals surface area contributed by atoms with Gasteiger partial charge in [0.1, 0.15) is 18.1 Å². The van der Waals surface area contributed by atoms with E-state index in [4.69, 9.17) is 18.9 Å². The highest BCUT2D eigenvalue weighted by atomic mass is 16.5. The highest BCUT2D eigenvalue weighted by molar-refractivity contribution is 5.74. The molecule has 0 bridgehead atoms. The number of ether oxygens (including phenoxy) is 4. The van der Waals surface area contributed by atoms with E-state index in [1.807, 2.05) is 54.6 Å².